The van der Waals surface area contributed by atoms with Gasteiger partial charge in [-0.25, -0.2) is 15.4 Å². The van der Waals surface area contributed by atoms with Gasteiger partial charge in [0.25, 0.3) is 11.8 Å². The van der Waals surface area contributed by atoms with E-state index in [0.29, 0.717) is 16.7 Å². The Morgan fingerprint density at radius 3 is 2.28 bits per heavy atom. The van der Waals surface area contributed by atoms with Crippen molar-refractivity contribution in [2.45, 2.75) is 6.04 Å². The number of nitrogen functional groups attached to an aromatic ring is 1. The summed E-state index contributed by atoms with van der Waals surface area (Å²) in [5.41, 5.74) is 13.8. The lowest BCUT2D eigenvalue weighted by Crippen LogP contribution is -2.50. The van der Waals surface area contributed by atoms with Gasteiger partial charge in [0.05, 0.1) is 5.56 Å². The number of aromatic nitrogens is 2. The Morgan fingerprint density at radius 1 is 1.12 bits per heavy atom. The number of anilines is 1. The van der Waals surface area contributed by atoms with Crippen LogP contribution in [0.4, 0.5) is 5.95 Å². The van der Waals surface area contributed by atoms with E-state index in [1.807, 2.05) is 0 Å². The number of carbonyl (C=O) groups excluding carboxylic acids is 2. The standard InChI is InChI=1S/C16H16N6O3/c17-7-13(15(24)22-25)21-14(23)12-5-3-10(4-6-12)1-2-11-8-19-16(18)20-9-11/h3-6,8-9,13,25H,7,17H2,(H,21,23)(H,22,24)(H2,18,19,20)/t13-/m0/s1. The van der Waals surface area contributed by atoms with Crippen LogP contribution in [0, 0.1) is 11.8 Å². The summed E-state index contributed by atoms with van der Waals surface area (Å²) in [5, 5.41) is 11.0. The number of nitrogens with two attached hydrogens (primary N) is 2. The Balaban J connectivity index is 2.05. The van der Waals surface area contributed by atoms with Crippen LogP contribution in [0.5, 0.6) is 0 Å². The molecule has 0 fully saturated rings. The second kappa shape index (κ2) is 8.39. The maximum Gasteiger partial charge on any atom is 0.267 e. The number of nitrogens with zero attached hydrogens (tertiary/aromatic N) is 2. The van der Waals surface area contributed by atoms with Crippen LogP contribution >= 0.6 is 0 Å². The van der Waals surface area contributed by atoms with Crippen molar-refractivity contribution in [3.63, 3.8) is 0 Å². The third-order valence-electron chi connectivity index (χ3n) is 3.14. The maximum atomic E-state index is 12.1. The van der Waals surface area contributed by atoms with E-state index in [0.717, 1.165) is 0 Å². The van der Waals surface area contributed by atoms with Gasteiger partial charge in [-0.2, -0.15) is 0 Å². The summed E-state index contributed by atoms with van der Waals surface area (Å²) in [4.78, 5) is 31.0. The molecule has 9 nitrogen and oxygen atoms in total. The number of nitrogens with one attached hydrogen (secondary N) is 2. The molecule has 2 aromatic rings. The summed E-state index contributed by atoms with van der Waals surface area (Å²) in [5.74, 6) is 4.67. The van der Waals surface area contributed by atoms with Gasteiger partial charge in [0.1, 0.15) is 6.04 Å². The van der Waals surface area contributed by atoms with Crippen LogP contribution < -0.4 is 22.3 Å². The van der Waals surface area contributed by atoms with Crippen molar-refractivity contribution in [3.8, 4) is 11.8 Å². The Bertz CT molecular complexity index is 809. The predicted molar refractivity (Wildman–Crippen MR) is 89.1 cm³/mol. The molecule has 9 heteroatoms. The molecule has 2 rings (SSSR count). The van der Waals surface area contributed by atoms with E-state index in [1.165, 1.54) is 17.9 Å². The molecule has 25 heavy (non-hydrogen) atoms. The lowest BCUT2D eigenvalue weighted by atomic mass is 10.1. The Labute approximate surface area is 143 Å². The van der Waals surface area contributed by atoms with E-state index >= 15 is 0 Å². The first-order valence-electron chi connectivity index (χ1n) is 7.18. The molecule has 1 aromatic heterocycles. The van der Waals surface area contributed by atoms with Crippen LogP contribution in [0.3, 0.4) is 0 Å². The summed E-state index contributed by atoms with van der Waals surface area (Å²) in [6.07, 6.45) is 3.02. The van der Waals surface area contributed by atoms with Crippen molar-refractivity contribution >= 4 is 17.8 Å². The molecule has 0 aliphatic rings. The van der Waals surface area contributed by atoms with E-state index in [-0.39, 0.29) is 12.5 Å². The average molecular weight is 340 g/mol. The molecule has 128 valence electrons. The van der Waals surface area contributed by atoms with Crippen LogP contribution in [0.15, 0.2) is 36.7 Å². The molecule has 1 atom stereocenters. The van der Waals surface area contributed by atoms with Gasteiger partial charge in [0.15, 0.2) is 0 Å². The maximum absolute atomic E-state index is 12.1. The third-order valence-corrected chi connectivity index (χ3v) is 3.14. The molecule has 0 aliphatic carbocycles. The average Bonchev–Trinajstić information content (AvgIpc) is 2.65. The predicted octanol–water partition coefficient (Wildman–Crippen LogP) is -0.979. The zero-order valence-electron chi connectivity index (χ0n) is 13.1. The van der Waals surface area contributed by atoms with E-state index < -0.39 is 17.9 Å². The molecule has 0 unspecified atom stereocenters. The highest BCUT2D eigenvalue weighted by Gasteiger charge is 2.19. The summed E-state index contributed by atoms with van der Waals surface area (Å²) in [7, 11) is 0. The first-order chi connectivity index (χ1) is 12.0. The molecule has 1 heterocycles. The first-order valence-corrected chi connectivity index (χ1v) is 7.18. The van der Waals surface area contributed by atoms with Gasteiger partial charge in [-0.1, -0.05) is 11.8 Å². The van der Waals surface area contributed by atoms with Gasteiger partial charge in [0.2, 0.25) is 5.95 Å². The molecule has 0 aliphatic heterocycles. The summed E-state index contributed by atoms with van der Waals surface area (Å²) >= 11 is 0. The van der Waals surface area contributed by atoms with Crippen LogP contribution in [0.1, 0.15) is 21.5 Å². The van der Waals surface area contributed by atoms with E-state index in [1.54, 1.807) is 24.3 Å². The third kappa shape index (κ3) is 5.00. The minimum absolute atomic E-state index is 0.147. The minimum Gasteiger partial charge on any atom is -0.368 e. The normalized spacial score (nSPS) is 11.0. The fraction of sp³-hybridized carbons (Fsp3) is 0.125. The number of hydroxylamine groups is 1. The number of carbonyl (C=O) groups is 2. The van der Waals surface area contributed by atoms with Crippen molar-refractivity contribution in [3.05, 3.63) is 53.3 Å². The molecule has 7 N–H and O–H groups in total. The molecule has 0 saturated carbocycles. The smallest absolute Gasteiger partial charge is 0.267 e. The zero-order chi connectivity index (χ0) is 18.2. The lowest BCUT2D eigenvalue weighted by molar-refractivity contribution is -0.130. The number of benzene rings is 1. The van der Waals surface area contributed by atoms with Crippen molar-refractivity contribution < 1.29 is 14.8 Å². The van der Waals surface area contributed by atoms with Crippen LogP contribution in [-0.2, 0) is 4.79 Å². The summed E-state index contributed by atoms with van der Waals surface area (Å²) in [6.45, 7) is -0.147. The van der Waals surface area contributed by atoms with Crippen molar-refractivity contribution in [2.75, 3.05) is 12.3 Å². The summed E-state index contributed by atoms with van der Waals surface area (Å²) < 4.78 is 0. The second-order valence-corrected chi connectivity index (χ2v) is 4.90. The van der Waals surface area contributed by atoms with E-state index in [2.05, 4.69) is 27.1 Å². The van der Waals surface area contributed by atoms with Gasteiger partial charge >= 0.3 is 0 Å². The highest BCUT2D eigenvalue weighted by atomic mass is 16.5. The van der Waals surface area contributed by atoms with Crippen LogP contribution in [0.25, 0.3) is 0 Å². The van der Waals surface area contributed by atoms with E-state index in [9.17, 15) is 9.59 Å². The quantitative estimate of drug-likeness (QED) is 0.272. The summed E-state index contributed by atoms with van der Waals surface area (Å²) in [6, 6.07) is 5.40. The van der Waals surface area contributed by atoms with Gasteiger partial charge < -0.3 is 16.8 Å². The zero-order valence-corrected chi connectivity index (χ0v) is 13.1. The number of hydrogen-bond acceptors (Lipinski definition) is 7. The Kier molecular flexibility index (Phi) is 6.00. The largest absolute Gasteiger partial charge is 0.368 e. The SMILES string of the molecule is NC[C@H](NC(=O)c1ccc(C#Cc2cnc(N)nc2)cc1)C(=O)NO. The molecular weight excluding hydrogens is 324 g/mol. The molecule has 0 spiro atoms. The molecule has 1 aromatic carbocycles. The van der Waals surface area contributed by atoms with Crippen LogP contribution in [0.2, 0.25) is 0 Å². The van der Waals surface area contributed by atoms with Crippen molar-refractivity contribution in [2.24, 2.45) is 5.73 Å². The topological polar surface area (TPSA) is 156 Å². The van der Waals surface area contributed by atoms with Gasteiger partial charge in [0, 0.05) is 30.1 Å². The van der Waals surface area contributed by atoms with Gasteiger partial charge in [-0.3, -0.25) is 14.8 Å². The van der Waals surface area contributed by atoms with E-state index in [4.69, 9.17) is 16.7 Å². The Hall–Kier alpha value is -3.48. The first kappa shape index (κ1) is 17.9. The van der Waals surface area contributed by atoms with Crippen molar-refractivity contribution in [1.29, 1.82) is 0 Å². The number of amides is 2. The molecule has 0 saturated heterocycles. The highest BCUT2D eigenvalue weighted by Crippen LogP contribution is 2.04. The number of rotatable bonds is 4. The highest BCUT2D eigenvalue weighted by molar-refractivity contribution is 5.97. The molecule has 0 radical (unpaired) electrons. The van der Waals surface area contributed by atoms with Gasteiger partial charge in [-0.05, 0) is 24.3 Å². The van der Waals surface area contributed by atoms with Crippen molar-refractivity contribution in [1.82, 2.24) is 20.8 Å². The van der Waals surface area contributed by atoms with Crippen LogP contribution in [-0.4, -0.2) is 39.6 Å². The monoisotopic (exact) mass is 340 g/mol. The Morgan fingerprint density at radius 2 is 1.72 bits per heavy atom. The fourth-order valence-electron chi connectivity index (χ4n) is 1.80. The number of hydrogen-bond donors (Lipinski definition) is 5. The van der Waals surface area contributed by atoms with Gasteiger partial charge in [-0.15, -0.1) is 0 Å². The molecular formula is C16H16N6O3. The fourth-order valence-corrected chi connectivity index (χ4v) is 1.80. The lowest BCUT2D eigenvalue weighted by Gasteiger charge is -2.14. The molecule has 0 bridgehead atoms. The molecule has 2 amide bonds. The minimum atomic E-state index is -1.03. The second-order valence-electron chi connectivity index (χ2n) is 4.90.